The maximum atomic E-state index is 11.8. The third-order valence-electron chi connectivity index (χ3n) is 4.87. The number of aliphatic hydroxyl groups excluding tert-OH is 1. The van der Waals surface area contributed by atoms with Crippen LogP contribution in [0.5, 0.6) is 0 Å². The fourth-order valence-corrected chi connectivity index (χ4v) is 3.44. The number of hydrogen-bond donors (Lipinski definition) is 4. The van der Waals surface area contributed by atoms with Crippen LogP contribution in [0.3, 0.4) is 0 Å². The summed E-state index contributed by atoms with van der Waals surface area (Å²) < 4.78 is 0. The van der Waals surface area contributed by atoms with Gasteiger partial charge in [0.15, 0.2) is 0 Å². The Bertz CT molecular complexity index is 578. The van der Waals surface area contributed by atoms with Gasteiger partial charge in [-0.2, -0.15) is 0 Å². The van der Waals surface area contributed by atoms with E-state index in [1.54, 1.807) is 6.42 Å². The van der Waals surface area contributed by atoms with Gasteiger partial charge in [-0.25, -0.2) is 0 Å². The van der Waals surface area contributed by atoms with E-state index in [0.717, 1.165) is 5.56 Å². The van der Waals surface area contributed by atoms with Gasteiger partial charge >= 0.3 is 0 Å². The summed E-state index contributed by atoms with van der Waals surface area (Å²) in [4.78, 5) is 23.1. The first-order valence-electron chi connectivity index (χ1n) is 8.18. The Labute approximate surface area is 141 Å². The fourth-order valence-electron chi connectivity index (χ4n) is 3.44. The highest BCUT2D eigenvalue weighted by atomic mass is 16.3. The lowest BCUT2D eigenvalue weighted by molar-refractivity contribution is -0.134. The number of carbonyl (C=O) groups excluding carboxylic acids is 2. The predicted molar refractivity (Wildman–Crippen MR) is 89.2 cm³/mol. The second-order valence-electron chi connectivity index (χ2n) is 6.63. The number of benzene rings is 1. The molecule has 0 aliphatic heterocycles. The summed E-state index contributed by atoms with van der Waals surface area (Å²) in [6.07, 6.45) is 2.22. The highest BCUT2D eigenvalue weighted by Crippen LogP contribution is 2.41. The zero-order valence-electron chi connectivity index (χ0n) is 13.6. The summed E-state index contributed by atoms with van der Waals surface area (Å²) in [6.45, 7) is 0. The minimum Gasteiger partial charge on any atom is -0.393 e. The largest absolute Gasteiger partial charge is 0.393 e. The molecule has 1 aromatic carbocycles. The van der Waals surface area contributed by atoms with Crippen molar-refractivity contribution < 1.29 is 19.8 Å². The van der Waals surface area contributed by atoms with Gasteiger partial charge in [0, 0.05) is 5.92 Å². The lowest BCUT2D eigenvalue weighted by atomic mass is 9.80. The van der Waals surface area contributed by atoms with Gasteiger partial charge in [0.05, 0.1) is 17.6 Å². The number of rotatable bonds is 8. The van der Waals surface area contributed by atoms with Crippen LogP contribution < -0.4 is 11.5 Å². The molecule has 6 N–H and O–H groups in total. The van der Waals surface area contributed by atoms with Crippen LogP contribution in [0.25, 0.3) is 0 Å². The van der Waals surface area contributed by atoms with Crippen LogP contribution in [0.1, 0.15) is 31.2 Å². The first kappa shape index (κ1) is 18.4. The molecule has 2 rings (SSSR count). The molecule has 1 aliphatic carbocycles. The Morgan fingerprint density at radius 1 is 1.29 bits per heavy atom. The molecule has 4 atom stereocenters. The normalized spacial score (nSPS) is 26.0. The number of carbonyl (C=O) groups is 2. The smallest absolute Gasteiger partial charge is 0.223 e. The molecule has 0 bridgehead atoms. The van der Waals surface area contributed by atoms with Crippen molar-refractivity contribution in [3.63, 3.8) is 0 Å². The molecule has 1 aliphatic rings. The Hall–Kier alpha value is -1.92. The van der Waals surface area contributed by atoms with Gasteiger partial charge in [-0.05, 0) is 44.1 Å². The third-order valence-corrected chi connectivity index (χ3v) is 4.87. The van der Waals surface area contributed by atoms with Gasteiger partial charge in [-0.1, -0.05) is 30.3 Å². The summed E-state index contributed by atoms with van der Waals surface area (Å²) >= 11 is 0. The van der Waals surface area contributed by atoms with Crippen LogP contribution in [0, 0.1) is 18.3 Å². The van der Waals surface area contributed by atoms with Crippen molar-refractivity contribution >= 4 is 11.8 Å². The molecule has 6 nitrogen and oxygen atoms in total. The molecule has 1 fully saturated rings. The molecular weight excluding hydrogens is 308 g/mol. The molecule has 0 aromatic heterocycles. The Morgan fingerprint density at radius 2 is 1.96 bits per heavy atom. The van der Waals surface area contributed by atoms with Gasteiger partial charge in [0.2, 0.25) is 11.8 Å². The van der Waals surface area contributed by atoms with Crippen LogP contribution in [0.15, 0.2) is 30.3 Å². The van der Waals surface area contributed by atoms with Crippen molar-refractivity contribution in [2.24, 2.45) is 23.3 Å². The first-order chi connectivity index (χ1) is 11.3. The molecule has 2 amide bonds. The fraction of sp³-hybridized carbons (Fsp3) is 0.500. The highest BCUT2D eigenvalue weighted by molar-refractivity contribution is 5.80. The van der Waals surface area contributed by atoms with E-state index in [1.165, 1.54) is 0 Å². The lowest BCUT2D eigenvalue weighted by Crippen LogP contribution is -2.45. The Balaban J connectivity index is 1.95. The Morgan fingerprint density at radius 3 is 2.50 bits per heavy atom. The zero-order valence-corrected chi connectivity index (χ0v) is 13.6. The van der Waals surface area contributed by atoms with E-state index in [0.29, 0.717) is 12.8 Å². The van der Waals surface area contributed by atoms with Crippen molar-refractivity contribution in [1.82, 2.24) is 0 Å². The summed E-state index contributed by atoms with van der Waals surface area (Å²) in [5.74, 6) is -2.52. The molecule has 0 spiro atoms. The molecule has 1 unspecified atom stereocenters. The molecule has 131 valence electrons. The molecule has 1 aromatic rings. The first-order valence-corrected chi connectivity index (χ1v) is 8.18. The maximum absolute atomic E-state index is 11.8. The average molecular weight is 333 g/mol. The zero-order chi connectivity index (χ0) is 17.7. The highest BCUT2D eigenvalue weighted by Gasteiger charge is 2.48. The molecule has 0 saturated heterocycles. The van der Waals surface area contributed by atoms with Crippen LogP contribution in [0.4, 0.5) is 0 Å². The van der Waals surface area contributed by atoms with Gasteiger partial charge in [-0.3, -0.25) is 9.59 Å². The molecule has 6 heteroatoms. The second kappa shape index (κ2) is 7.77. The lowest BCUT2D eigenvalue weighted by Gasteiger charge is -2.32. The van der Waals surface area contributed by atoms with Crippen molar-refractivity contribution in [1.29, 1.82) is 0 Å². The predicted octanol–water partition coefficient (Wildman–Crippen LogP) is 0.302. The van der Waals surface area contributed by atoms with Crippen molar-refractivity contribution in [3.05, 3.63) is 42.3 Å². The number of nitrogens with two attached hydrogens (primary N) is 2. The van der Waals surface area contributed by atoms with E-state index in [1.807, 2.05) is 30.3 Å². The monoisotopic (exact) mass is 333 g/mol. The van der Waals surface area contributed by atoms with E-state index in [4.69, 9.17) is 11.5 Å². The molecular formula is C18H25N2O4. The molecule has 1 saturated carbocycles. The number of primary amides is 2. The number of aliphatic hydroxyl groups is 2. The summed E-state index contributed by atoms with van der Waals surface area (Å²) in [5.41, 5.74) is 10.4. The summed E-state index contributed by atoms with van der Waals surface area (Å²) in [7, 11) is 0. The molecule has 24 heavy (non-hydrogen) atoms. The number of hydrogen-bond acceptors (Lipinski definition) is 4. The van der Waals surface area contributed by atoms with E-state index < -0.39 is 35.4 Å². The van der Waals surface area contributed by atoms with E-state index in [2.05, 4.69) is 0 Å². The molecule has 1 radical (unpaired) electrons. The minimum absolute atomic E-state index is 0.0319. The number of amides is 2. The van der Waals surface area contributed by atoms with E-state index >= 15 is 0 Å². The van der Waals surface area contributed by atoms with Crippen LogP contribution >= 0.6 is 0 Å². The van der Waals surface area contributed by atoms with E-state index in [9.17, 15) is 19.8 Å². The van der Waals surface area contributed by atoms with Crippen molar-refractivity contribution in [2.75, 3.05) is 0 Å². The second-order valence-corrected chi connectivity index (χ2v) is 6.63. The summed E-state index contributed by atoms with van der Waals surface area (Å²) in [5, 5.41) is 21.0. The maximum Gasteiger partial charge on any atom is 0.223 e. The van der Waals surface area contributed by atoms with Gasteiger partial charge in [-0.15, -0.1) is 0 Å². The average Bonchev–Trinajstić information content (AvgIpc) is 2.95. The van der Waals surface area contributed by atoms with Crippen LogP contribution in [0.2, 0.25) is 0 Å². The van der Waals surface area contributed by atoms with Gasteiger partial charge in [0.25, 0.3) is 0 Å². The minimum atomic E-state index is -1.38. The van der Waals surface area contributed by atoms with E-state index in [-0.39, 0.29) is 19.3 Å². The van der Waals surface area contributed by atoms with Gasteiger partial charge < -0.3 is 21.7 Å². The SMILES string of the molecule is NC(=O)C1CC[C@@](O)([C@H](C[C@@H](O)[CH]Cc2ccccc2)C(N)=O)C1. The Kier molecular flexibility index (Phi) is 5.96. The topological polar surface area (TPSA) is 127 Å². The van der Waals surface area contributed by atoms with Crippen LogP contribution in [-0.2, 0) is 16.0 Å². The summed E-state index contributed by atoms with van der Waals surface area (Å²) in [6, 6.07) is 9.61. The van der Waals surface area contributed by atoms with Crippen molar-refractivity contribution in [3.8, 4) is 0 Å². The van der Waals surface area contributed by atoms with Gasteiger partial charge in [0.1, 0.15) is 0 Å². The van der Waals surface area contributed by atoms with Crippen molar-refractivity contribution in [2.45, 2.75) is 43.8 Å². The quantitative estimate of drug-likeness (QED) is 0.546. The standard InChI is InChI=1S/C18H25N2O4/c19-16(22)13-8-9-18(24,11-13)15(17(20)23)10-14(21)7-6-12-4-2-1-3-5-12/h1-5,7,13-15,21,24H,6,8-11H2,(H2,19,22)(H2,20,23)/t13?,14-,15+,18-/m0/s1. The third kappa shape index (κ3) is 4.55. The molecule has 0 heterocycles. The van der Waals surface area contributed by atoms with Crippen LogP contribution in [-0.4, -0.2) is 33.7 Å².